The van der Waals surface area contributed by atoms with E-state index in [4.69, 9.17) is 9.84 Å². The molecule has 0 saturated heterocycles. The van der Waals surface area contributed by atoms with Gasteiger partial charge in [0, 0.05) is 0 Å². The molecule has 2 aromatic carbocycles. The minimum atomic E-state index is -1.52. The average Bonchev–Trinajstić information content (AvgIpc) is 2.48. The van der Waals surface area contributed by atoms with Gasteiger partial charge in [0.2, 0.25) is 0 Å². The van der Waals surface area contributed by atoms with E-state index in [0.717, 1.165) is 0 Å². The lowest BCUT2D eigenvalue weighted by Gasteiger charge is -2.13. The number of carbonyl (C=O) groups excluding carboxylic acids is 1. The van der Waals surface area contributed by atoms with Crippen LogP contribution in [0.25, 0.3) is 0 Å². The van der Waals surface area contributed by atoms with Gasteiger partial charge in [-0.3, -0.25) is 9.59 Å². The molecule has 6 nitrogen and oxygen atoms in total. The number of benzene rings is 2. The van der Waals surface area contributed by atoms with Gasteiger partial charge in [0.15, 0.2) is 5.92 Å². The molecule has 22 heavy (non-hydrogen) atoms. The maximum absolute atomic E-state index is 12.1. The molecule has 2 aromatic rings. The Morgan fingerprint density at radius 1 is 0.864 bits per heavy atom. The van der Waals surface area contributed by atoms with Crippen molar-refractivity contribution in [1.82, 2.24) is 0 Å². The zero-order valence-electron chi connectivity index (χ0n) is 11.3. The minimum absolute atomic E-state index is 0.192. The predicted molar refractivity (Wildman–Crippen MR) is 75.9 cm³/mol. The fourth-order valence-corrected chi connectivity index (χ4v) is 1.92. The molecule has 0 radical (unpaired) electrons. The smallest absolute Gasteiger partial charge is 0.339 e. The van der Waals surface area contributed by atoms with Gasteiger partial charge < -0.3 is 14.9 Å². The van der Waals surface area contributed by atoms with Crippen LogP contribution in [0, 0.1) is 0 Å². The van der Waals surface area contributed by atoms with E-state index in [1.807, 2.05) is 0 Å². The van der Waals surface area contributed by atoms with E-state index < -0.39 is 23.8 Å². The molecule has 0 aliphatic heterocycles. The van der Waals surface area contributed by atoms with Crippen LogP contribution in [-0.2, 0) is 9.59 Å². The molecule has 0 spiro atoms. The predicted octanol–water partition coefficient (Wildman–Crippen LogP) is 2.16. The van der Waals surface area contributed by atoms with Crippen LogP contribution in [0.1, 0.15) is 21.8 Å². The van der Waals surface area contributed by atoms with Gasteiger partial charge in [-0.25, -0.2) is 4.79 Å². The molecule has 112 valence electrons. The third-order valence-corrected chi connectivity index (χ3v) is 2.94. The Balaban J connectivity index is 2.31. The van der Waals surface area contributed by atoms with Crippen LogP contribution in [0.3, 0.4) is 0 Å². The van der Waals surface area contributed by atoms with Gasteiger partial charge in [-0.05, 0) is 17.7 Å². The van der Waals surface area contributed by atoms with Crippen molar-refractivity contribution in [2.75, 3.05) is 0 Å². The van der Waals surface area contributed by atoms with Crippen molar-refractivity contribution in [3.05, 3.63) is 65.7 Å². The Hall–Kier alpha value is -3.15. The van der Waals surface area contributed by atoms with Crippen LogP contribution in [0.4, 0.5) is 0 Å². The summed E-state index contributed by atoms with van der Waals surface area (Å²) in [6, 6.07) is 13.4. The first kappa shape index (κ1) is 15.2. The van der Waals surface area contributed by atoms with Gasteiger partial charge in [0.25, 0.3) is 0 Å². The topological polar surface area (TPSA) is 101 Å². The molecule has 0 saturated carbocycles. The first-order valence-electron chi connectivity index (χ1n) is 6.32. The molecule has 0 aromatic heterocycles. The van der Waals surface area contributed by atoms with Crippen molar-refractivity contribution < 1.29 is 29.3 Å². The summed E-state index contributed by atoms with van der Waals surface area (Å²) in [6.07, 6.45) is 0. The largest absolute Gasteiger partial charge is 0.480 e. The molecule has 6 heteroatoms. The van der Waals surface area contributed by atoms with E-state index in [-0.39, 0.29) is 16.9 Å². The molecule has 0 fully saturated rings. The number of para-hydroxylation sites is 1. The summed E-state index contributed by atoms with van der Waals surface area (Å²) < 4.78 is 4.98. The molecule has 0 aliphatic carbocycles. The van der Waals surface area contributed by atoms with Gasteiger partial charge in [-0.2, -0.15) is 0 Å². The van der Waals surface area contributed by atoms with Gasteiger partial charge in [-0.15, -0.1) is 0 Å². The summed E-state index contributed by atoms with van der Waals surface area (Å²) in [4.78, 5) is 34.5. The number of aromatic carboxylic acids is 1. The zero-order valence-corrected chi connectivity index (χ0v) is 11.3. The number of aliphatic carboxylic acids is 1. The van der Waals surface area contributed by atoms with E-state index in [0.29, 0.717) is 0 Å². The van der Waals surface area contributed by atoms with Crippen LogP contribution in [0.15, 0.2) is 54.6 Å². The molecule has 1 unspecified atom stereocenters. The number of rotatable bonds is 5. The lowest BCUT2D eigenvalue weighted by Crippen LogP contribution is -2.26. The van der Waals surface area contributed by atoms with Gasteiger partial charge in [0.1, 0.15) is 11.3 Å². The Kier molecular flexibility index (Phi) is 4.53. The summed E-state index contributed by atoms with van der Waals surface area (Å²) in [6.45, 7) is 0. The highest BCUT2D eigenvalue weighted by atomic mass is 16.5. The second kappa shape index (κ2) is 6.53. The van der Waals surface area contributed by atoms with Crippen molar-refractivity contribution in [2.24, 2.45) is 0 Å². The van der Waals surface area contributed by atoms with E-state index in [9.17, 15) is 19.5 Å². The maximum atomic E-state index is 12.1. The first-order chi connectivity index (χ1) is 10.5. The number of ether oxygens (including phenoxy) is 1. The average molecular weight is 300 g/mol. The Morgan fingerprint density at radius 2 is 1.45 bits per heavy atom. The second-order valence-electron chi connectivity index (χ2n) is 4.40. The van der Waals surface area contributed by atoms with Gasteiger partial charge in [-0.1, -0.05) is 42.5 Å². The molecular formula is C16H12O6. The highest BCUT2D eigenvalue weighted by molar-refractivity contribution is 6.01. The Labute approximate surface area is 125 Å². The van der Waals surface area contributed by atoms with Crippen molar-refractivity contribution in [3.63, 3.8) is 0 Å². The number of carboxylic acid groups (broad SMARTS) is 2. The molecule has 2 N–H and O–H groups in total. The Morgan fingerprint density at radius 3 is 2.05 bits per heavy atom. The number of hydrogen-bond acceptors (Lipinski definition) is 4. The van der Waals surface area contributed by atoms with Crippen LogP contribution >= 0.6 is 0 Å². The number of hydrogen-bond donors (Lipinski definition) is 2. The van der Waals surface area contributed by atoms with Crippen LogP contribution in [0.5, 0.6) is 5.75 Å². The number of carboxylic acids is 2. The third-order valence-electron chi connectivity index (χ3n) is 2.94. The standard InChI is InChI=1S/C16H12O6/c17-14(18)11-8-4-5-9-12(11)22-16(21)13(15(19)20)10-6-2-1-3-7-10/h1-9,13H,(H,17,18)(H,19,20). The van der Waals surface area contributed by atoms with E-state index in [1.165, 1.54) is 36.4 Å². The van der Waals surface area contributed by atoms with E-state index >= 15 is 0 Å². The van der Waals surface area contributed by atoms with Crippen molar-refractivity contribution in [3.8, 4) is 5.75 Å². The van der Waals surface area contributed by atoms with Crippen LogP contribution in [-0.4, -0.2) is 28.1 Å². The fraction of sp³-hybridized carbons (Fsp3) is 0.0625. The van der Waals surface area contributed by atoms with Gasteiger partial charge in [0.05, 0.1) is 0 Å². The third kappa shape index (κ3) is 3.29. The molecule has 0 bridgehead atoms. The molecular weight excluding hydrogens is 288 g/mol. The highest BCUT2D eigenvalue weighted by Gasteiger charge is 2.31. The summed E-state index contributed by atoms with van der Waals surface area (Å²) in [7, 11) is 0. The first-order valence-corrected chi connectivity index (χ1v) is 6.32. The molecule has 0 heterocycles. The summed E-state index contributed by atoms with van der Waals surface area (Å²) in [5.74, 6) is -5.41. The monoisotopic (exact) mass is 300 g/mol. The van der Waals surface area contributed by atoms with Gasteiger partial charge >= 0.3 is 17.9 Å². The van der Waals surface area contributed by atoms with Crippen molar-refractivity contribution >= 4 is 17.9 Å². The summed E-state index contributed by atoms with van der Waals surface area (Å²) in [5.41, 5.74) is 0.0425. The van der Waals surface area contributed by atoms with E-state index in [2.05, 4.69) is 0 Å². The van der Waals surface area contributed by atoms with Crippen molar-refractivity contribution in [2.45, 2.75) is 5.92 Å². The number of esters is 1. The normalized spacial score (nSPS) is 11.5. The lowest BCUT2D eigenvalue weighted by atomic mass is 9.99. The van der Waals surface area contributed by atoms with E-state index in [1.54, 1.807) is 18.2 Å². The molecule has 2 rings (SSSR count). The van der Waals surface area contributed by atoms with Crippen LogP contribution in [0.2, 0.25) is 0 Å². The maximum Gasteiger partial charge on any atom is 0.339 e. The number of carbonyl (C=O) groups is 3. The molecule has 1 atom stereocenters. The quantitative estimate of drug-likeness (QED) is 0.498. The van der Waals surface area contributed by atoms with Crippen molar-refractivity contribution in [1.29, 1.82) is 0 Å². The Bertz CT molecular complexity index is 708. The molecule has 0 amide bonds. The minimum Gasteiger partial charge on any atom is -0.480 e. The zero-order chi connectivity index (χ0) is 16.1. The summed E-state index contributed by atoms with van der Waals surface area (Å²) >= 11 is 0. The summed E-state index contributed by atoms with van der Waals surface area (Å²) in [5, 5.41) is 18.3. The SMILES string of the molecule is O=C(O)c1ccccc1OC(=O)C(C(=O)O)c1ccccc1. The highest BCUT2D eigenvalue weighted by Crippen LogP contribution is 2.23. The molecule has 0 aliphatic rings. The van der Waals surface area contributed by atoms with Crippen LogP contribution < -0.4 is 4.74 Å². The fourth-order valence-electron chi connectivity index (χ4n) is 1.92. The second-order valence-corrected chi connectivity index (χ2v) is 4.40. The lowest BCUT2D eigenvalue weighted by molar-refractivity contribution is -0.148.